The van der Waals surface area contributed by atoms with Crippen molar-refractivity contribution in [1.82, 2.24) is 20.4 Å². The normalized spacial score (nSPS) is 10.2. The van der Waals surface area contributed by atoms with Crippen LogP contribution in [0.4, 0.5) is 11.4 Å². The van der Waals surface area contributed by atoms with Gasteiger partial charge in [-0.2, -0.15) is 10.2 Å². The van der Waals surface area contributed by atoms with Crippen LogP contribution in [-0.4, -0.2) is 20.4 Å². The Morgan fingerprint density at radius 1 is 1.38 bits per heavy atom. The molecule has 0 saturated heterocycles. The predicted molar refractivity (Wildman–Crippen MR) is 48.3 cm³/mol. The molecule has 2 rings (SSSR count). The number of anilines is 2. The van der Waals surface area contributed by atoms with Gasteiger partial charge in [-0.15, -0.1) is 0 Å². The molecule has 5 N–H and O–H groups in total. The second kappa shape index (κ2) is 3.28. The number of hydrogen-bond acceptors (Lipinski definition) is 4. The van der Waals surface area contributed by atoms with Crippen LogP contribution in [0.25, 0.3) is 0 Å². The third-order valence-corrected chi connectivity index (χ3v) is 1.70. The van der Waals surface area contributed by atoms with E-state index in [0.29, 0.717) is 6.54 Å². The molecule has 0 aliphatic carbocycles. The van der Waals surface area contributed by atoms with Gasteiger partial charge in [0.25, 0.3) is 0 Å². The smallest absolute Gasteiger partial charge is 0.0814 e. The number of nitrogens with zero attached hydrogens (tertiary/aromatic N) is 2. The molecular formula is C7H10N6. The average molecular weight is 178 g/mol. The molecule has 0 aliphatic heterocycles. The van der Waals surface area contributed by atoms with Crippen molar-refractivity contribution in [2.45, 2.75) is 6.54 Å². The van der Waals surface area contributed by atoms with Gasteiger partial charge in [-0.1, -0.05) is 0 Å². The van der Waals surface area contributed by atoms with Gasteiger partial charge in [0.15, 0.2) is 0 Å². The Bertz CT molecular complexity index is 362. The molecule has 6 nitrogen and oxygen atoms in total. The van der Waals surface area contributed by atoms with E-state index in [9.17, 15) is 0 Å². The molecule has 0 bridgehead atoms. The van der Waals surface area contributed by atoms with Gasteiger partial charge >= 0.3 is 0 Å². The summed E-state index contributed by atoms with van der Waals surface area (Å²) in [7, 11) is 0. The minimum Gasteiger partial charge on any atom is -0.350 e. The van der Waals surface area contributed by atoms with E-state index in [1.54, 1.807) is 18.6 Å². The molecule has 0 atom stereocenters. The van der Waals surface area contributed by atoms with Crippen LogP contribution in [0.3, 0.4) is 0 Å². The Hall–Kier alpha value is -1.82. The minimum absolute atomic E-state index is 0.431. The van der Waals surface area contributed by atoms with Crippen LogP contribution >= 0.6 is 0 Å². The minimum atomic E-state index is 0.431. The third-order valence-electron chi connectivity index (χ3n) is 1.70. The van der Waals surface area contributed by atoms with Gasteiger partial charge in [-0.05, 0) is 0 Å². The summed E-state index contributed by atoms with van der Waals surface area (Å²) in [6, 6.07) is 0. The Morgan fingerprint density at radius 3 is 3.00 bits per heavy atom. The second-order valence-corrected chi connectivity index (χ2v) is 2.58. The lowest BCUT2D eigenvalue weighted by atomic mass is 10.3. The maximum Gasteiger partial charge on any atom is 0.0814 e. The largest absolute Gasteiger partial charge is 0.350 e. The van der Waals surface area contributed by atoms with E-state index in [4.69, 9.17) is 5.73 Å². The maximum absolute atomic E-state index is 5.49. The lowest BCUT2D eigenvalue weighted by Crippen LogP contribution is -2.00. The highest BCUT2D eigenvalue weighted by Crippen LogP contribution is 2.16. The molecule has 0 radical (unpaired) electrons. The molecule has 2 heterocycles. The zero-order chi connectivity index (χ0) is 9.10. The van der Waals surface area contributed by atoms with Gasteiger partial charge in [-0.3, -0.25) is 10.2 Å². The quantitative estimate of drug-likeness (QED) is 0.544. The Morgan fingerprint density at radius 2 is 2.31 bits per heavy atom. The van der Waals surface area contributed by atoms with Crippen molar-refractivity contribution in [3.63, 3.8) is 0 Å². The first-order valence-corrected chi connectivity index (χ1v) is 3.88. The predicted octanol–water partition coefficient (Wildman–Crippen LogP) is 0.335. The van der Waals surface area contributed by atoms with Crippen molar-refractivity contribution in [2.24, 2.45) is 5.73 Å². The van der Waals surface area contributed by atoms with Gasteiger partial charge < -0.3 is 11.1 Å². The lowest BCUT2D eigenvalue weighted by Gasteiger charge is -2.00. The molecule has 0 aromatic carbocycles. The molecule has 6 heteroatoms. The molecule has 2 aromatic heterocycles. The fourth-order valence-corrected chi connectivity index (χ4v) is 1.05. The zero-order valence-corrected chi connectivity index (χ0v) is 6.91. The molecule has 0 amide bonds. The molecule has 2 aromatic rings. The van der Waals surface area contributed by atoms with Crippen molar-refractivity contribution >= 4 is 11.4 Å². The van der Waals surface area contributed by atoms with Gasteiger partial charge in [-0.25, -0.2) is 0 Å². The zero-order valence-electron chi connectivity index (χ0n) is 6.91. The van der Waals surface area contributed by atoms with Crippen LogP contribution < -0.4 is 11.1 Å². The molecular weight excluding hydrogens is 168 g/mol. The van der Waals surface area contributed by atoms with Crippen LogP contribution in [-0.2, 0) is 6.54 Å². The summed E-state index contributed by atoms with van der Waals surface area (Å²) in [5.74, 6) is 0. The van der Waals surface area contributed by atoms with E-state index in [0.717, 1.165) is 17.1 Å². The monoisotopic (exact) mass is 178 g/mol. The van der Waals surface area contributed by atoms with Crippen LogP contribution in [0.2, 0.25) is 0 Å². The summed E-state index contributed by atoms with van der Waals surface area (Å²) >= 11 is 0. The standard InChI is InChI=1S/C7H10N6/c8-1-6-7(4-11-13-6)12-5-2-9-10-3-5/h2-4,12H,1,8H2,(H,9,10)(H,11,13). The summed E-state index contributed by atoms with van der Waals surface area (Å²) in [6.45, 7) is 0.431. The third kappa shape index (κ3) is 1.52. The Balaban J connectivity index is 2.18. The number of rotatable bonds is 3. The van der Waals surface area contributed by atoms with Gasteiger partial charge in [0, 0.05) is 12.7 Å². The number of H-pyrrole nitrogens is 2. The molecule has 0 unspecified atom stereocenters. The van der Waals surface area contributed by atoms with Crippen molar-refractivity contribution in [3.05, 3.63) is 24.3 Å². The molecule has 13 heavy (non-hydrogen) atoms. The van der Waals surface area contributed by atoms with E-state index in [1.807, 2.05) is 0 Å². The van der Waals surface area contributed by atoms with Crippen molar-refractivity contribution in [1.29, 1.82) is 0 Å². The highest BCUT2D eigenvalue weighted by atomic mass is 15.2. The number of aromatic nitrogens is 4. The SMILES string of the molecule is NCc1[nH]ncc1Nc1cn[nH]c1. The Kier molecular flexibility index (Phi) is 1.97. The average Bonchev–Trinajstić information content (AvgIpc) is 2.76. The summed E-state index contributed by atoms with van der Waals surface area (Å²) in [5.41, 5.74) is 8.13. The van der Waals surface area contributed by atoms with Crippen LogP contribution in [0, 0.1) is 0 Å². The number of nitrogens with one attached hydrogen (secondary N) is 3. The van der Waals surface area contributed by atoms with Crippen LogP contribution in [0.5, 0.6) is 0 Å². The highest BCUT2D eigenvalue weighted by molar-refractivity contribution is 5.59. The summed E-state index contributed by atoms with van der Waals surface area (Å²) < 4.78 is 0. The fraction of sp³-hybridized carbons (Fsp3) is 0.143. The van der Waals surface area contributed by atoms with Crippen LogP contribution in [0.1, 0.15) is 5.69 Å². The van der Waals surface area contributed by atoms with Crippen molar-refractivity contribution in [3.8, 4) is 0 Å². The van der Waals surface area contributed by atoms with E-state index in [2.05, 4.69) is 25.7 Å². The fourth-order valence-electron chi connectivity index (χ4n) is 1.05. The highest BCUT2D eigenvalue weighted by Gasteiger charge is 2.02. The first-order chi connectivity index (χ1) is 6.40. The first-order valence-electron chi connectivity index (χ1n) is 3.88. The van der Waals surface area contributed by atoms with E-state index < -0.39 is 0 Å². The topological polar surface area (TPSA) is 95.4 Å². The second-order valence-electron chi connectivity index (χ2n) is 2.58. The van der Waals surface area contributed by atoms with Gasteiger partial charge in [0.2, 0.25) is 0 Å². The lowest BCUT2D eigenvalue weighted by molar-refractivity contribution is 0.948. The molecule has 0 spiro atoms. The first kappa shape index (κ1) is 7.81. The summed E-state index contributed by atoms with van der Waals surface area (Å²) in [6.07, 6.45) is 5.13. The molecule has 0 saturated carbocycles. The Labute approximate surface area is 74.5 Å². The van der Waals surface area contributed by atoms with E-state index in [-0.39, 0.29) is 0 Å². The summed E-state index contributed by atoms with van der Waals surface area (Å²) in [4.78, 5) is 0. The van der Waals surface area contributed by atoms with E-state index >= 15 is 0 Å². The van der Waals surface area contributed by atoms with Crippen molar-refractivity contribution in [2.75, 3.05) is 5.32 Å². The van der Waals surface area contributed by atoms with Gasteiger partial charge in [0.1, 0.15) is 0 Å². The molecule has 0 aliphatic rings. The van der Waals surface area contributed by atoms with Crippen molar-refractivity contribution < 1.29 is 0 Å². The molecule has 0 fully saturated rings. The number of aromatic amines is 2. The number of hydrogen-bond donors (Lipinski definition) is 4. The van der Waals surface area contributed by atoms with Crippen LogP contribution in [0.15, 0.2) is 18.6 Å². The summed E-state index contributed by atoms with van der Waals surface area (Å²) in [5, 5.41) is 16.3. The van der Waals surface area contributed by atoms with Gasteiger partial charge in [0.05, 0.1) is 29.5 Å². The number of nitrogens with two attached hydrogens (primary N) is 1. The van der Waals surface area contributed by atoms with E-state index in [1.165, 1.54) is 0 Å². The molecule has 68 valence electrons. The maximum atomic E-state index is 5.49.